The Balaban J connectivity index is 2.17. The summed E-state index contributed by atoms with van der Waals surface area (Å²) in [5.41, 5.74) is 1.95. The standard InChI is InChI=1S/C12H13N3O2S/c1-18(17)5-4-10-12(16)15-9-3-2-8(7-13)6-11(9)14-10/h2-3,6,10,14H,4-5H2,1H3,(H,15,16). The molecule has 1 amide bonds. The van der Waals surface area contributed by atoms with Crippen LogP contribution in [0.4, 0.5) is 11.4 Å². The normalized spacial score (nSPS) is 19.1. The molecule has 0 aromatic heterocycles. The summed E-state index contributed by atoms with van der Waals surface area (Å²) in [4.78, 5) is 11.8. The molecule has 0 saturated carbocycles. The third kappa shape index (κ3) is 2.68. The van der Waals surface area contributed by atoms with Crippen LogP contribution in [0.1, 0.15) is 12.0 Å². The van der Waals surface area contributed by atoms with Crippen molar-refractivity contribution < 1.29 is 9.00 Å². The first-order valence-corrected chi connectivity index (χ1v) is 7.24. The van der Waals surface area contributed by atoms with Crippen molar-refractivity contribution in [2.24, 2.45) is 0 Å². The Hall–Kier alpha value is -1.87. The van der Waals surface area contributed by atoms with Crippen molar-refractivity contribution >= 4 is 28.1 Å². The number of benzene rings is 1. The molecule has 1 aromatic rings. The number of fused-ring (bicyclic) bond motifs is 1. The monoisotopic (exact) mass is 263 g/mol. The highest BCUT2D eigenvalue weighted by Gasteiger charge is 2.25. The minimum atomic E-state index is -0.918. The molecule has 1 aliphatic heterocycles. The first kappa shape index (κ1) is 12.6. The van der Waals surface area contributed by atoms with E-state index in [0.29, 0.717) is 23.4 Å². The van der Waals surface area contributed by atoms with E-state index in [0.717, 1.165) is 5.69 Å². The zero-order valence-electron chi connectivity index (χ0n) is 9.90. The fraction of sp³-hybridized carbons (Fsp3) is 0.333. The number of carbonyl (C=O) groups is 1. The van der Waals surface area contributed by atoms with Crippen molar-refractivity contribution in [3.05, 3.63) is 23.8 Å². The van der Waals surface area contributed by atoms with Gasteiger partial charge in [0.25, 0.3) is 0 Å². The fourth-order valence-corrected chi connectivity index (χ4v) is 2.37. The lowest BCUT2D eigenvalue weighted by Crippen LogP contribution is -2.39. The Morgan fingerprint density at radius 3 is 2.89 bits per heavy atom. The molecule has 0 fully saturated rings. The molecule has 2 unspecified atom stereocenters. The van der Waals surface area contributed by atoms with E-state index in [4.69, 9.17) is 5.26 Å². The molecule has 1 aliphatic rings. The molecule has 94 valence electrons. The quantitative estimate of drug-likeness (QED) is 0.854. The van der Waals surface area contributed by atoms with Gasteiger partial charge in [0, 0.05) is 22.8 Å². The largest absolute Gasteiger partial charge is 0.372 e. The lowest BCUT2D eigenvalue weighted by molar-refractivity contribution is -0.117. The second-order valence-electron chi connectivity index (χ2n) is 4.12. The zero-order chi connectivity index (χ0) is 13.1. The van der Waals surface area contributed by atoms with Gasteiger partial charge in [-0.25, -0.2) is 0 Å². The molecule has 2 N–H and O–H groups in total. The average molecular weight is 263 g/mol. The summed E-state index contributed by atoms with van der Waals surface area (Å²) in [5.74, 6) is 0.343. The van der Waals surface area contributed by atoms with Gasteiger partial charge in [0.2, 0.25) is 5.91 Å². The van der Waals surface area contributed by atoms with E-state index in [1.807, 2.05) is 0 Å². The highest BCUT2D eigenvalue weighted by molar-refractivity contribution is 7.84. The highest BCUT2D eigenvalue weighted by Crippen LogP contribution is 2.28. The van der Waals surface area contributed by atoms with Crippen LogP contribution in [0.3, 0.4) is 0 Å². The molecule has 0 radical (unpaired) electrons. The van der Waals surface area contributed by atoms with Gasteiger partial charge >= 0.3 is 0 Å². The predicted octanol–water partition coefficient (Wildman–Crippen LogP) is 1.06. The average Bonchev–Trinajstić information content (AvgIpc) is 2.35. The van der Waals surface area contributed by atoms with E-state index in [1.165, 1.54) is 0 Å². The number of hydrogen-bond acceptors (Lipinski definition) is 4. The topological polar surface area (TPSA) is 82.0 Å². The van der Waals surface area contributed by atoms with E-state index in [9.17, 15) is 9.00 Å². The first-order chi connectivity index (χ1) is 8.60. The summed E-state index contributed by atoms with van der Waals surface area (Å²) < 4.78 is 11.0. The number of rotatable bonds is 3. The Bertz CT molecular complexity index is 551. The van der Waals surface area contributed by atoms with E-state index in [1.54, 1.807) is 24.5 Å². The molecule has 2 atom stereocenters. The second kappa shape index (κ2) is 5.19. The van der Waals surface area contributed by atoms with Gasteiger partial charge in [-0.05, 0) is 24.6 Å². The van der Waals surface area contributed by atoms with Crippen LogP contribution >= 0.6 is 0 Å². The van der Waals surface area contributed by atoms with Crippen LogP contribution in [0.25, 0.3) is 0 Å². The van der Waals surface area contributed by atoms with Crippen molar-refractivity contribution in [2.75, 3.05) is 22.6 Å². The summed E-state index contributed by atoms with van der Waals surface area (Å²) in [6.07, 6.45) is 2.12. The lowest BCUT2D eigenvalue weighted by Gasteiger charge is -2.26. The van der Waals surface area contributed by atoms with Gasteiger partial charge in [0.15, 0.2) is 0 Å². The van der Waals surface area contributed by atoms with Crippen molar-refractivity contribution in [1.29, 1.82) is 5.26 Å². The smallest absolute Gasteiger partial charge is 0.246 e. The van der Waals surface area contributed by atoms with E-state index < -0.39 is 16.8 Å². The van der Waals surface area contributed by atoms with Crippen molar-refractivity contribution in [3.8, 4) is 6.07 Å². The number of nitrogens with one attached hydrogen (secondary N) is 2. The molecule has 2 rings (SSSR count). The molecule has 0 spiro atoms. The fourth-order valence-electron chi connectivity index (χ4n) is 1.80. The molecular weight excluding hydrogens is 250 g/mol. The van der Waals surface area contributed by atoms with Crippen LogP contribution in [-0.4, -0.2) is 28.2 Å². The summed E-state index contributed by atoms with van der Waals surface area (Å²) in [6, 6.07) is 6.71. The third-order valence-electron chi connectivity index (χ3n) is 2.75. The zero-order valence-corrected chi connectivity index (χ0v) is 10.7. The Kier molecular flexibility index (Phi) is 3.63. The summed E-state index contributed by atoms with van der Waals surface area (Å²) in [5, 5.41) is 14.7. The molecular formula is C12H13N3O2S. The number of anilines is 2. The summed E-state index contributed by atoms with van der Waals surface area (Å²) in [6.45, 7) is 0. The highest BCUT2D eigenvalue weighted by atomic mass is 32.2. The van der Waals surface area contributed by atoms with E-state index in [2.05, 4.69) is 16.7 Å². The summed E-state index contributed by atoms with van der Waals surface area (Å²) in [7, 11) is -0.918. The van der Waals surface area contributed by atoms with Crippen molar-refractivity contribution in [3.63, 3.8) is 0 Å². The van der Waals surface area contributed by atoms with E-state index in [-0.39, 0.29) is 5.91 Å². The SMILES string of the molecule is CS(=O)CCC1Nc2cc(C#N)ccc2NC1=O. The van der Waals surface area contributed by atoms with Crippen LogP contribution in [0.15, 0.2) is 18.2 Å². The van der Waals surface area contributed by atoms with E-state index >= 15 is 0 Å². The van der Waals surface area contributed by atoms with Gasteiger partial charge in [0.05, 0.1) is 23.0 Å². The van der Waals surface area contributed by atoms with Crippen LogP contribution in [0.5, 0.6) is 0 Å². The molecule has 1 heterocycles. The summed E-state index contributed by atoms with van der Waals surface area (Å²) >= 11 is 0. The van der Waals surface area contributed by atoms with Gasteiger partial charge in [-0.3, -0.25) is 9.00 Å². The maximum Gasteiger partial charge on any atom is 0.246 e. The Labute approximate surface area is 108 Å². The molecule has 0 bridgehead atoms. The van der Waals surface area contributed by atoms with Crippen LogP contribution in [-0.2, 0) is 15.6 Å². The Morgan fingerprint density at radius 1 is 1.44 bits per heavy atom. The minimum Gasteiger partial charge on any atom is -0.372 e. The van der Waals surface area contributed by atoms with Crippen LogP contribution in [0.2, 0.25) is 0 Å². The molecule has 0 aliphatic carbocycles. The number of hydrogen-bond donors (Lipinski definition) is 2. The van der Waals surface area contributed by atoms with Crippen LogP contribution in [0, 0.1) is 11.3 Å². The van der Waals surface area contributed by atoms with Crippen LogP contribution < -0.4 is 10.6 Å². The number of nitriles is 1. The van der Waals surface area contributed by atoms with Gasteiger partial charge < -0.3 is 10.6 Å². The number of carbonyl (C=O) groups excluding carboxylic acids is 1. The molecule has 5 nitrogen and oxygen atoms in total. The number of nitrogens with zero attached hydrogens (tertiary/aromatic N) is 1. The Morgan fingerprint density at radius 2 is 2.22 bits per heavy atom. The maximum absolute atomic E-state index is 11.8. The van der Waals surface area contributed by atoms with Gasteiger partial charge in [-0.1, -0.05) is 0 Å². The third-order valence-corrected chi connectivity index (χ3v) is 3.56. The predicted molar refractivity (Wildman–Crippen MR) is 70.7 cm³/mol. The molecule has 18 heavy (non-hydrogen) atoms. The molecule has 6 heteroatoms. The van der Waals surface area contributed by atoms with Gasteiger partial charge in [0.1, 0.15) is 6.04 Å². The number of amides is 1. The lowest BCUT2D eigenvalue weighted by atomic mass is 10.1. The van der Waals surface area contributed by atoms with Gasteiger partial charge in [-0.15, -0.1) is 0 Å². The molecule has 1 aromatic carbocycles. The maximum atomic E-state index is 11.8. The minimum absolute atomic E-state index is 0.127. The first-order valence-electron chi connectivity index (χ1n) is 5.51. The van der Waals surface area contributed by atoms with Crippen molar-refractivity contribution in [1.82, 2.24) is 0 Å². The van der Waals surface area contributed by atoms with Gasteiger partial charge in [-0.2, -0.15) is 5.26 Å². The molecule has 0 saturated heterocycles. The van der Waals surface area contributed by atoms with Crippen molar-refractivity contribution in [2.45, 2.75) is 12.5 Å². The second-order valence-corrected chi connectivity index (χ2v) is 5.68.